The van der Waals surface area contributed by atoms with E-state index in [1.807, 2.05) is 36.4 Å². The van der Waals surface area contributed by atoms with Crippen molar-refractivity contribution in [2.24, 2.45) is 0 Å². The van der Waals surface area contributed by atoms with Gasteiger partial charge in [-0.25, -0.2) is 0 Å². The molecule has 198 valence electrons. The van der Waals surface area contributed by atoms with Gasteiger partial charge in [-0.2, -0.15) is 0 Å². The van der Waals surface area contributed by atoms with Gasteiger partial charge in [-0.3, -0.25) is 0 Å². The number of hydrogen-bond donors (Lipinski definition) is 0. The molecule has 0 bridgehead atoms. The monoisotopic (exact) mass is 526 g/mol. The molecule has 1 aliphatic rings. The van der Waals surface area contributed by atoms with Crippen molar-refractivity contribution in [1.82, 2.24) is 0 Å². The minimum absolute atomic E-state index is 0.0933. The number of fused-ring (bicyclic) bond motifs is 1. The molecule has 4 rings (SSSR count). The lowest BCUT2D eigenvalue weighted by atomic mass is 9.64. The molecule has 3 aromatic carbocycles. The maximum atomic E-state index is 6.47. The van der Waals surface area contributed by atoms with Crippen molar-refractivity contribution >= 4 is 11.6 Å². The van der Waals surface area contributed by atoms with Crippen LogP contribution in [0.1, 0.15) is 42.4 Å². The molecule has 0 aliphatic carbocycles. The molecule has 0 saturated carbocycles. The number of ether oxygens (including phenoxy) is 6. The van der Waals surface area contributed by atoms with E-state index < -0.39 is 11.7 Å². The average molecular weight is 527 g/mol. The van der Waals surface area contributed by atoms with Crippen LogP contribution in [0.15, 0.2) is 66.7 Å². The maximum Gasteiger partial charge on any atom is 0.210 e. The van der Waals surface area contributed by atoms with Gasteiger partial charge in [0.2, 0.25) is 6.29 Å². The van der Waals surface area contributed by atoms with Crippen LogP contribution < -0.4 is 18.9 Å². The number of benzene rings is 3. The summed E-state index contributed by atoms with van der Waals surface area (Å²) >= 11 is 5.83. The number of rotatable bonds is 12. The summed E-state index contributed by atoms with van der Waals surface area (Å²) in [6, 6.07) is 22.3. The fourth-order valence-corrected chi connectivity index (χ4v) is 5.20. The number of methoxy groups -OCH3 is 3. The first kappa shape index (κ1) is 27.1. The van der Waals surface area contributed by atoms with Crippen LogP contribution in [0.4, 0.5) is 0 Å². The van der Waals surface area contributed by atoms with Gasteiger partial charge in [-0.1, -0.05) is 30.3 Å². The largest absolute Gasteiger partial charge is 0.497 e. The predicted molar refractivity (Wildman–Crippen MR) is 144 cm³/mol. The Hall–Kier alpha value is -2.93. The summed E-state index contributed by atoms with van der Waals surface area (Å²) in [5.74, 6) is 3.57. The third kappa shape index (κ3) is 5.82. The van der Waals surface area contributed by atoms with E-state index in [2.05, 4.69) is 37.3 Å². The van der Waals surface area contributed by atoms with Crippen molar-refractivity contribution in [2.45, 2.75) is 37.4 Å². The second-order valence-electron chi connectivity index (χ2n) is 9.20. The lowest BCUT2D eigenvalue weighted by Crippen LogP contribution is -2.50. The summed E-state index contributed by atoms with van der Waals surface area (Å²) in [5.41, 5.74) is 2.64. The van der Waals surface area contributed by atoms with Gasteiger partial charge in [0.1, 0.15) is 23.0 Å². The van der Waals surface area contributed by atoms with E-state index in [0.29, 0.717) is 12.5 Å². The minimum atomic E-state index is -0.576. The van der Waals surface area contributed by atoms with E-state index in [1.54, 1.807) is 21.3 Å². The van der Waals surface area contributed by atoms with Gasteiger partial charge >= 0.3 is 0 Å². The standard InChI is InChI=1S/C30H35ClO6/c1-30(22-10-12-23(13-11-22)36-20-32-2)28(21-8-7-9-25(18-21)35-17-6-5-16-31)26-15-14-24(33-3)19-27(26)37-29(30)34-4/h7-15,18-19,28-29H,5-6,16-17,20H2,1-4H3. The number of alkyl halides is 1. The summed E-state index contributed by atoms with van der Waals surface area (Å²) in [4.78, 5) is 0. The van der Waals surface area contributed by atoms with E-state index in [4.69, 9.17) is 40.0 Å². The summed E-state index contributed by atoms with van der Waals surface area (Å²) in [5, 5.41) is 0. The predicted octanol–water partition coefficient (Wildman–Crippen LogP) is 6.53. The van der Waals surface area contributed by atoms with Gasteiger partial charge in [0.15, 0.2) is 6.79 Å². The van der Waals surface area contributed by atoms with Crippen molar-refractivity contribution < 1.29 is 28.4 Å². The molecular weight excluding hydrogens is 492 g/mol. The van der Waals surface area contributed by atoms with Gasteiger partial charge in [-0.15, -0.1) is 11.6 Å². The second kappa shape index (κ2) is 12.5. The molecular formula is C30H35ClO6. The zero-order chi connectivity index (χ0) is 26.3. The zero-order valence-electron chi connectivity index (χ0n) is 21.9. The molecule has 7 heteroatoms. The summed E-state index contributed by atoms with van der Waals surface area (Å²) in [6.07, 6.45) is 1.28. The number of hydrogen-bond acceptors (Lipinski definition) is 6. The quantitative estimate of drug-likeness (QED) is 0.152. The van der Waals surface area contributed by atoms with Crippen molar-refractivity contribution in [3.63, 3.8) is 0 Å². The molecule has 0 fully saturated rings. The Balaban J connectivity index is 1.80. The smallest absolute Gasteiger partial charge is 0.210 e. The van der Waals surface area contributed by atoms with Crippen molar-refractivity contribution in [1.29, 1.82) is 0 Å². The molecule has 6 nitrogen and oxygen atoms in total. The number of halogens is 1. The fourth-order valence-electron chi connectivity index (χ4n) is 5.01. The van der Waals surface area contributed by atoms with Crippen LogP contribution in [-0.4, -0.2) is 46.9 Å². The van der Waals surface area contributed by atoms with Gasteiger partial charge in [-0.05, 0) is 61.2 Å². The van der Waals surface area contributed by atoms with E-state index in [9.17, 15) is 0 Å². The molecule has 0 spiro atoms. The molecule has 0 aromatic heterocycles. The average Bonchev–Trinajstić information content (AvgIpc) is 2.94. The molecule has 1 aliphatic heterocycles. The van der Waals surface area contributed by atoms with E-state index in [1.165, 1.54) is 0 Å². The van der Waals surface area contributed by atoms with Crippen LogP contribution in [0.3, 0.4) is 0 Å². The third-order valence-corrected chi connectivity index (χ3v) is 7.14. The van der Waals surface area contributed by atoms with Gasteiger partial charge in [0, 0.05) is 37.6 Å². The molecule has 37 heavy (non-hydrogen) atoms. The molecule has 0 N–H and O–H groups in total. The van der Waals surface area contributed by atoms with Gasteiger partial charge in [0.05, 0.1) is 19.1 Å². The van der Waals surface area contributed by atoms with Crippen molar-refractivity contribution in [2.75, 3.05) is 40.6 Å². The van der Waals surface area contributed by atoms with Crippen molar-refractivity contribution in [3.8, 4) is 23.0 Å². The first-order valence-electron chi connectivity index (χ1n) is 12.4. The summed E-state index contributed by atoms with van der Waals surface area (Å²) < 4.78 is 34.7. The molecule has 3 atom stereocenters. The molecule has 1 heterocycles. The fraction of sp³-hybridized carbons (Fsp3) is 0.400. The Bertz CT molecular complexity index is 1150. The Kier molecular flexibility index (Phi) is 9.19. The molecule has 0 radical (unpaired) electrons. The summed E-state index contributed by atoms with van der Waals surface area (Å²) in [6.45, 7) is 2.99. The highest BCUT2D eigenvalue weighted by atomic mass is 35.5. The molecule has 0 saturated heterocycles. The van der Waals surface area contributed by atoms with Gasteiger partial charge in [0.25, 0.3) is 0 Å². The first-order valence-corrected chi connectivity index (χ1v) is 13.0. The highest BCUT2D eigenvalue weighted by Crippen LogP contribution is 2.54. The topological polar surface area (TPSA) is 55.4 Å². The van der Waals surface area contributed by atoms with Crippen LogP contribution in [0.2, 0.25) is 0 Å². The minimum Gasteiger partial charge on any atom is -0.497 e. The maximum absolute atomic E-state index is 6.47. The van der Waals surface area contributed by atoms with E-state index in [-0.39, 0.29) is 12.7 Å². The Labute approximate surface area is 224 Å². The van der Waals surface area contributed by atoms with Crippen molar-refractivity contribution in [3.05, 3.63) is 83.4 Å². The molecule has 0 amide bonds. The van der Waals surface area contributed by atoms with Crippen LogP contribution in [0, 0.1) is 0 Å². The van der Waals surface area contributed by atoms with Crippen LogP contribution in [0.25, 0.3) is 0 Å². The SMILES string of the molecule is COCOc1ccc(C2(C)C(OC)Oc3cc(OC)ccc3C2c2cccc(OCCCCCl)c2)cc1. The van der Waals surface area contributed by atoms with Crippen LogP contribution >= 0.6 is 11.6 Å². The van der Waals surface area contributed by atoms with Gasteiger partial charge < -0.3 is 28.4 Å². The third-order valence-electron chi connectivity index (χ3n) is 6.88. The Morgan fingerprint density at radius 1 is 0.865 bits per heavy atom. The number of unbranched alkanes of at least 4 members (excludes halogenated alkanes) is 1. The van der Waals surface area contributed by atoms with Crippen LogP contribution in [0.5, 0.6) is 23.0 Å². The molecule has 3 aromatic rings. The Morgan fingerprint density at radius 2 is 1.65 bits per heavy atom. The lowest BCUT2D eigenvalue weighted by molar-refractivity contribution is -0.118. The first-order chi connectivity index (χ1) is 18.0. The molecule has 3 unspecified atom stereocenters. The lowest BCUT2D eigenvalue weighted by Gasteiger charge is -2.47. The Morgan fingerprint density at radius 3 is 2.35 bits per heavy atom. The summed E-state index contributed by atoms with van der Waals surface area (Å²) in [7, 11) is 4.93. The highest BCUT2D eigenvalue weighted by molar-refractivity contribution is 6.17. The highest BCUT2D eigenvalue weighted by Gasteiger charge is 2.51. The second-order valence-corrected chi connectivity index (χ2v) is 9.58. The zero-order valence-corrected chi connectivity index (χ0v) is 22.6. The van der Waals surface area contributed by atoms with E-state index >= 15 is 0 Å². The normalized spacial score (nSPS) is 20.6. The van der Waals surface area contributed by atoms with Crippen LogP contribution in [-0.2, 0) is 14.9 Å². The van der Waals surface area contributed by atoms with E-state index in [0.717, 1.165) is 52.5 Å².